The van der Waals surface area contributed by atoms with Gasteiger partial charge in [0.15, 0.2) is 0 Å². The fourth-order valence-corrected chi connectivity index (χ4v) is 2.38. The maximum absolute atomic E-state index is 3.54. The normalized spacial score (nSPS) is 27.6. The molecule has 0 spiro atoms. The predicted molar refractivity (Wildman–Crippen MR) is 48.7 cm³/mol. The van der Waals surface area contributed by atoms with Crippen LogP contribution in [0.5, 0.6) is 0 Å². The van der Waals surface area contributed by atoms with Gasteiger partial charge in [-0.2, -0.15) is 0 Å². The fraction of sp³-hybridized carbons (Fsp3) is 1.00. The zero-order chi connectivity index (χ0) is 7.40. The first-order valence-corrected chi connectivity index (χ1v) is 5.30. The highest BCUT2D eigenvalue weighted by atomic mass is 79.9. The molecule has 0 aromatic carbocycles. The van der Waals surface area contributed by atoms with Gasteiger partial charge < -0.3 is 0 Å². The molecular weight excluding hydrogens is 190 g/mol. The van der Waals surface area contributed by atoms with Crippen molar-refractivity contribution >= 4 is 15.9 Å². The monoisotopic (exact) mass is 205 g/mol. The van der Waals surface area contributed by atoms with Crippen LogP contribution in [-0.4, -0.2) is 29.4 Å². The average molecular weight is 206 g/mol. The van der Waals surface area contributed by atoms with Gasteiger partial charge in [-0.1, -0.05) is 22.9 Å². The molecule has 1 rings (SSSR count). The molecule has 0 aliphatic carbocycles. The van der Waals surface area contributed by atoms with E-state index in [2.05, 4.69) is 27.8 Å². The van der Waals surface area contributed by atoms with Crippen LogP contribution < -0.4 is 0 Å². The molecule has 60 valence electrons. The van der Waals surface area contributed by atoms with Crippen LogP contribution in [0.3, 0.4) is 0 Å². The van der Waals surface area contributed by atoms with Crippen molar-refractivity contribution in [2.75, 3.05) is 18.4 Å². The molecule has 1 fully saturated rings. The van der Waals surface area contributed by atoms with Crippen LogP contribution in [0.1, 0.15) is 26.2 Å². The lowest BCUT2D eigenvalue weighted by Gasteiger charge is -2.21. The van der Waals surface area contributed by atoms with Gasteiger partial charge in [0, 0.05) is 11.4 Å². The summed E-state index contributed by atoms with van der Waals surface area (Å²) in [5, 5.41) is 1.16. The number of likely N-dealkylation sites (tertiary alicyclic amines) is 1. The number of rotatable bonds is 3. The topological polar surface area (TPSA) is 3.24 Å². The molecular formula is C8H16BrN. The number of alkyl halides is 1. The number of hydrogen-bond donors (Lipinski definition) is 0. The summed E-state index contributed by atoms with van der Waals surface area (Å²) in [6.07, 6.45) is 4.09. The first kappa shape index (κ1) is 8.54. The van der Waals surface area contributed by atoms with Gasteiger partial charge in [0.2, 0.25) is 0 Å². The van der Waals surface area contributed by atoms with Gasteiger partial charge in [-0.25, -0.2) is 0 Å². The lowest BCUT2D eigenvalue weighted by Crippen LogP contribution is -2.31. The summed E-state index contributed by atoms with van der Waals surface area (Å²) in [5.41, 5.74) is 0. The second-order valence-electron chi connectivity index (χ2n) is 2.99. The summed E-state index contributed by atoms with van der Waals surface area (Å²) in [6, 6.07) is 0.833. The molecule has 1 aliphatic rings. The molecule has 0 amide bonds. The Morgan fingerprint density at radius 2 is 2.40 bits per heavy atom. The number of halogens is 1. The van der Waals surface area contributed by atoms with Gasteiger partial charge >= 0.3 is 0 Å². The molecule has 1 heterocycles. The van der Waals surface area contributed by atoms with E-state index in [1.165, 1.54) is 32.4 Å². The summed E-state index contributed by atoms with van der Waals surface area (Å²) in [6.45, 7) is 4.87. The molecule has 2 heteroatoms. The number of nitrogens with zero attached hydrogens (tertiary/aromatic N) is 1. The highest BCUT2D eigenvalue weighted by Crippen LogP contribution is 2.18. The minimum atomic E-state index is 0.833. The van der Waals surface area contributed by atoms with E-state index in [9.17, 15) is 0 Å². The summed E-state index contributed by atoms with van der Waals surface area (Å²) in [5.74, 6) is 0. The highest BCUT2D eigenvalue weighted by Gasteiger charge is 2.21. The first-order valence-electron chi connectivity index (χ1n) is 4.18. The maximum Gasteiger partial charge on any atom is 0.0193 e. The average Bonchev–Trinajstić information content (AvgIpc) is 2.36. The van der Waals surface area contributed by atoms with Crippen molar-refractivity contribution in [1.29, 1.82) is 0 Å². The molecule has 0 N–H and O–H groups in total. The zero-order valence-electron chi connectivity index (χ0n) is 6.65. The largest absolute Gasteiger partial charge is 0.300 e. The Labute approximate surface area is 71.9 Å². The van der Waals surface area contributed by atoms with E-state index in [-0.39, 0.29) is 0 Å². The van der Waals surface area contributed by atoms with Gasteiger partial charge in [-0.3, -0.25) is 4.90 Å². The standard InChI is InChI=1S/C8H16BrN/c1-2-5-10-6-3-4-8(10)7-9/h8H,2-7H2,1H3. The molecule has 1 atom stereocenters. The van der Waals surface area contributed by atoms with Crippen molar-refractivity contribution in [2.24, 2.45) is 0 Å². The van der Waals surface area contributed by atoms with Crippen molar-refractivity contribution in [3.8, 4) is 0 Å². The smallest absolute Gasteiger partial charge is 0.0193 e. The second-order valence-corrected chi connectivity index (χ2v) is 3.63. The third-order valence-corrected chi connectivity index (χ3v) is 2.94. The van der Waals surface area contributed by atoms with Crippen molar-refractivity contribution in [1.82, 2.24) is 4.90 Å². The molecule has 0 aromatic rings. The Bertz CT molecular complexity index is 95.3. The predicted octanol–water partition coefficient (Wildman–Crippen LogP) is 2.26. The quantitative estimate of drug-likeness (QED) is 0.640. The Morgan fingerprint density at radius 3 is 3.00 bits per heavy atom. The SMILES string of the molecule is CCCN1CCCC1CBr. The summed E-state index contributed by atoms with van der Waals surface area (Å²) >= 11 is 3.54. The Balaban J connectivity index is 2.27. The van der Waals surface area contributed by atoms with E-state index in [0.717, 1.165) is 11.4 Å². The van der Waals surface area contributed by atoms with E-state index in [0.29, 0.717) is 0 Å². The summed E-state index contributed by atoms with van der Waals surface area (Å²) in [4.78, 5) is 2.59. The van der Waals surface area contributed by atoms with Gasteiger partial charge in [0.1, 0.15) is 0 Å². The van der Waals surface area contributed by atoms with Crippen molar-refractivity contribution in [2.45, 2.75) is 32.2 Å². The van der Waals surface area contributed by atoms with Crippen molar-refractivity contribution in [3.63, 3.8) is 0 Å². The zero-order valence-corrected chi connectivity index (χ0v) is 8.23. The molecule has 1 saturated heterocycles. The third kappa shape index (κ3) is 1.96. The van der Waals surface area contributed by atoms with Crippen LogP contribution in [0.25, 0.3) is 0 Å². The van der Waals surface area contributed by atoms with Crippen LogP contribution >= 0.6 is 15.9 Å². The molecule has 1 unspecified atom stereocenters. The minimum Gasteiger partial charge on any atom is -0.300 e. The van der Waals surface area contributed by atoms with Crippen LogP contribution in [0.4, 0.5) is 0 Å². The lowest BCUT2D eigenvalue weighted by molar-refractivity contribution is 0.274. The molecule has 1 aliphatic heterocycles. The minimum absolute atomic E-state index is 0.833. The Morgan fingerprint density at radius 1 is 1.60 bits per heavy atom. The molecule has 0 bridgehead atoms. The molecule has 10 heavy (non-hydrogen) atoms. The van der Waals surface area contributed by atoms with E-state index in [1.807, 2.05) is 0 Å². The van der Waals surface area contributed by atoms with Gasteiger partial charge in [0.05, 0.1) is 0 Å². The summed E-state index contributed by atoms with van der Waals surface area (Å²) < 4.78 is 0. The number of hydrogen-bond acceptors (Lipinski definition) is 1. The van der Waals surface area contributed by atoms with Gasteiger partial charge in [-0.15, -0.1) is 0 Å². The maximum atomic E-state index is 3.54. The van der Waals surface area contributed by atoms with E-state index in [1.54, 1.807) is 0 Å². The molecule has 0 radical (unpaired) electrons. The molecule has 0 saturated carbocycles. The first-order chi connectivity index (χ1) is 4.88. The molecule has 0 aromatic heterocycles. The van der Waals surface area contributed by atoms with Gasteiger partial charge in [0.25, 0.3) is 0 Å². The van der Waals surface area contributed by atoms with Gasteiger partial charge in [-0.05, 0) is 32.4 Å². The lowest BCUT2D eigenvalue weighted by atomic mass is 10.2. The van der Waals surface area contributed by atoms with Crippen LogP contribution in [0.2, 0.25) is 0 Å². The molecule has 1 nitrogen and oxygen atoms in total. The fourth-order valence-electron chi connectivity index (χ4n) is 1.65. The van der Waals surface area contributed by atoms with E-state index in [4.69, 9.17) is 0 Å². The van der Waals surface area contributed by atoms with E-state index < -0.39 is 0 Å². The van der Waals surface area contributed by atoms with Crippen molar-refractivity contribution in [3.05, 3.63) is 0 Å². The van der Waals surface area contributed by atoms with Crippen LogP contribution in [0, 0.1) is 0 Å². The summed E-state index contributed by atoms with van der Waals surface area (Å²) in [7, 11) is 0. The van der Waals surface area contributed by atoms with Crippen LogP contribution in [-0.2, 0) is 0 Å². The van der Waals surface area contributed by atoms with E-state index >= 15 is 0 Å². The highest BCUT2D eigenvalue weighted by molar-refractivity contribution is 9.09. The van der Waals surface area contributed by atoms with Crippen LogP contribution in [0.15, 0.2) is 0 Å². The Hall–Kier alpha value is 0.440. The van der Waals surface area contributed by atoms with Crippen molar-refractivity contribution < 1.29 is 0 Å². The second kappa shape index (κ2) is 4.35. The Kier molecular flexibility index (Phi) is 3.71. The third-order valence-electron chi connectivity index (χ3n) is 2.19.